The van der Waals surface area contributed by atoms with Crippen LogP contribution in [-0.2, 0) is 4.74 Å². The number of aromatic nitrogens is 2. The van der Waals surface area contributed by atoms with Gasteiger partial charge in [-0.1, -0.05) is 30.3 Å². The Balaban J connectivity index is 1.56. The lowest BCUT2D eigenvalue weighted by Gasteiger charge is -2.27. The number of hydrogen-bond acceptors (Lipinski definition) is 7. The molecule has 0 amide bonds. The first-order chi connectivity index (χ1) is 13.2. The van der Waals surface area contributed by atoms with Crippen LogP contribution in [0.1, 0.15) is 0 Å². The molecule has 1 aliphatic heterocycles. The van der Waals surface area contributed by atoms with Crippen LogP contribution < -0.4 is 10.3 Å². The third kappa shape index (κ3) is 3.98. The molecule has 3 aromatic rings. The Morgan fingerprint density at radius 2 is 2.00 bits per heavy atom. The molecule has 1 saturated heterocycles. The van der Waals surface area contributed by atoms with Crippen LogP contribution in [0.4, 0.5) is 16.2 Å². The first kappa shape index (κ1) is 18.0. The van der Waals surface area contributed by atoms with Gasteiger partial charge in [0.2, 0.25) is 5.95 Å². The van der Waals surface area contributed by atoms with E-state index in [1.807, 2.05) is 35.2 Å². The molecule has 0 aliphatic carbocycles. The van der Waals surface area contributed by atoms with E-state index in [4.69, 9.17) is 4.74 Å². The van der Waals surface area contributed by atoms with Crippen molar-refractivity contribution in [3.05, 3.63) is 52.0 Å². The Morgan fingerprint density at radius 1 is 1.19 bits per heavy atom. The maximum absolute atomic E-state index is 14.1. The molecule has 1 aliphatic rings. The fourth-order valence-electron chi connectivity index (χ4n) is 2.82. The van der Waals surface area contributed by atoms with E-state index in [0.717, 1.165) is 20.5 Å². The second kappa shape index (κ2) is 8.09. The van der Waals surface area contributed by atoms with Crippen LogP contribution in [0.3, 0.4) is 0 Å². The number of nitrogens with zero attached hydrogens (tertiary/aromatic N) is 4. The van der Waals surface area contributed by atoms with Crippen LogP contribution >= 0.6 is 21.0 Å². The molecule has 1 fully saturated rings. The Morgan fingerprint density at radius 3 is 2.85 bits per heavy atom. The maximum atomic E-state index is 14.1. The number of nitrogens with one attached hydrogen (secondary N) is 1. The van der Waals surface area contributed by atoms with Gasteiger partial charge in [0, 0.05) is 13.1 Å². The summed E-state index contributed by atoms with van der Waals surface area (Å²) in [4.78, 5) is 10.0. The van der Waals surface area contributed by atoms with E-state index in [-0.39, 0.29) is 17.5 Å². The number of ether oxygens (including phenoxy) is 1. The number of aromatic hydroxyl groups is 1. The highest BCUT2D eigenvalue weighted by Gasteiger charge is 2.17. The molecule has 0 bridgehead atoms. The Labute approximate surface area is 165 Å². The minimum atomic E-state index is -0.900. The number of rotatable bonds is 4. The maximum Gasteiger partial charge on any atom is 0.245 e. The summed E-state index contributed by atoms with van der Waals surface area (Å²) in [5, 5.41) is 12.2. The summed E-state index contributed by atoms with van der Waals surface area (Å²) in [6, 6.07) is 11.4. The molecule has 0 unspecified atom stereocenters. The standard InChI is InChI=1S/C18H17FIN5O2/c19-14-11-21-18(22-17(14)25-7-9-27-10-8-25)23-24-20-16-13-4-2-1-3-12(13)5-6-15(16)26/h1-6,11,26H,7-10H2,(H,21,22,23). The second-order valence-corrected chi connectivity index (χ2v) is 7.91. The molecular formula is C18H17FIN5O2. The van der Waals surface area contributed by atoms with Crippen LogP contribution in [0.15, 0.2) is 45.8 Å². The minimum absolute atomic E-state index is 0.223. The fraction of sp³-hybridized carbons (Fsp3) is 0.222. The molecule has 0 spiro atoms. The van der Waals surface area contributed by atoms with Crippen LogP contribution in [0.2, 0.25) is 0 Å². The summed E-state index contributed by atoms with van der Waals surface area (Å²) in [7, 11) is 0. The lowest BCUT2D eigenvalue weighted by molar-refractivity contribution is 0.122. The Hall–Kier alpha value is -2.40. The monoisotopic (exact) mass is 481 g/mol. The first-order valence-corrected chi connectivity index (χ1v) is 10.4. The van der Waals surface area contributed by atoms with Gasteiger partial charge in [-0.2, -0.15) is 4.98 Å². The van der Waals surface area contributed by atoms with E-state index in [1.165, 1.54) is 0 Å². The quantitative estimate of drug-likeness (QED) is 0.438. The molecule has 4 rings (SSSR count). The molecule has 2 aromatic carbocycles. The Kier molecular flexibility index (Phi) is 5.39. The zero-order valence-electron chi connectivity index (χ0n) is 14.3. The highest BCUT2D eigenvalue weighted by Crippen LogP contribution is 2.32. The molecule has 0 atom stereocenters. The fourth-order valence-corrected chi connectivity index (χ4v) is 4.58. The summed E-state index contributed by atoms with van der Waals surface area (Å²) < 4.78 is 24.5. The van der Waals surface area contributed by atoms with Gasteiger partial charge in [-0.25, -0.2) is 14.8 Å². The smallest absolute Gasteiger partial charge is 0.245 e. The molecule has 0 radical (unpaired) electrons. The van der Waals surface area contributed by atoms with E-state index in [1.54, 1.807) is 6.07 Å². The number of benzene rings is 2. The summed E-state index contributed by atoms with van der Waals surface area (Å²) in [5.41, 5.74) is 2.81. The van der Waals surface area contributed by atoms with Crippen LogP contribution in [0.5, 0.6) is 5.75 Å². The number of anilines is 2. The normalized spacial score (nSPS) is 15.1. The number of phenolic OH excluding ortho intramolecular Hbond substituents is 1. The van der Waals surface area contributed by atoms with Crippen LogP contribution in [0, 0.1) is 9.39 Å². The lowest BCUT2D eigenvalue weighted by atomic mass is 10.1. The van der Waals surface area contributed by atoms with Crippen molar-refractivity contribution in [3.63, 3.8) is 0 Å². The van der Waals surface area contributed by atoms with Gasteiger partial charge >= 0.3 is 0 Å². The molecule has 0 saturated carbocycles. The topological polar surface area (TPSA) is 82.9 Å². The first-order valence-electron chi connectivity index (χ1n) is 8.38. The predicted molar refractivity (Wildman–Crippen MR) is 109 cm³/mol. The minimum Gasteiger partial charge on any atom is -0.507 e. The van der Waals surface area contributed by atoms with Crippen molar-refractivity contribution < 1.29 is 14.2 Å². The van der Waals surface area contributed by atoms with Crippen molar-refractivity contribution >= 4 is 43.6 Å². The average Bonchev–Trinajstić information content (AvgIpc) is 2.71. The predicted octanol–water partition coefficient (Wildman–Crippen LogP) is 3.66. The summed E-state index contributed by atoms with van der Waals surface area (Å²) in [6.07, 6.45) is 1.14. The largest absolute Gasteiger partial charge is 0.507 e. The van der Waals surface area contributed by atoms with Crippen molar-refractivity contribution in [1.29, 1.82) is 0 Å². The second-order valence-electron chi connectivity index (χ2n) is 5.87. The molecule has 7 nitrogen and oxygen atoms in total. The Bertz CT molecular complexity index is 995. The molecule has 1 aromatic heterocycles. The number of halogens is 2. The van der Waals surface area contributed by atoms with Gasteiger partial charge in [0.25, 0.3) is 0 Å². The van der Waals surface area contributed by atoms with E-state index < -0.39 is 26.9 Å². The number of phenols is 1. The van der Waals surface area contributed by atoms with Crippen molar-refractivity contribution in [2.45, 2.75) is 0 Å². The highest BCUT2D eigenvalue weighted by atomic mass is 127. The van der Waals surface area contributed by atoms with Gasteiger partial charge in [0.15, 0.2) is 11.6 Å². The van der Waals surface area contributed by atoms with Crippen LogP contribution in [0.25, 0.3) is 10.8 Å². The zero-order chi connectivity index (χ0) is 18.6. The average molecular weight is 481 g/mol. The highest BCUT2D eigenvalue weighted by molar-refractivity contribution is 14.2. The van der Waals surface area contributed by atoms with Crippen molar-refractivity contribution in [3.8, 4) is 5.75 Å². The van der Waals surface area contributed by atoms with Crippen molar-refractivity contribution in [1.82, 2.24) is 9.97 Å². The SMILES string of the molecule is Oc1ccc2ccccc2c1I=NNc1ncc(F)c(N2CCOCC2)n1. The molecule has 140 valence electrons. The van der Waals surface area contributed by atoms with E-state index in [0.29, 0.717) is 26.3 Å². The van der Waals surface area contributed by atoms with Crippen LogP contribution in [-0.4, -0.2) is 41.4 Å². The summed E-state index contributed by atoms with van der Waals surface area (Å²) in [6.45, 7) is 2.26. The summed E-state index contributed by atoms with van der Waals surface area (Å²) in [5.74, 6) is 0.236. The third-order valence-corrected chi connectivity index (χ3v) is 6.25. The van der Waals surface area contributed by atoms with Gasteiger partial charge in [-0.05, 0) is 16.8 Å². The van der Waals surface area contributed by atoms with Gasteiger partial charge in [-0.15, -0.1) is 3.25 Å². The number of morpholine rings is 1. The molecule has 2 N–H and O–H groups in total. The molecule has 9 heteroatoms. The number of fused-ring (bicyclic) bond motifs is 1. The summed E-state index contributed by atoms with van der Waals surface area (Å²) >= 11 is -0.900. The lowest BCUT2D eigenvalue weighted by Crippen LogP contribution is -2.37. The number of hydrogen-bond donors (Lipinski definition) is 2. The van der Waals surface area contributed by atoms with E-state index >= 15 is 0 Å². The van der Waals surface area contributed by atoms with Gasteiger partial charge in [-0.3, -0.25) is 0 Å². The van der Waals surface area contributed by atoms with Gasteiger partial charge in [0.1, 0.15) is 5.75 Å². The zero-order valence-corrected chi connectivity index (χ0v) is 16.4. The van der Waals surface area contributed by atoms with Gasteiger partial charge < -0.3 is 14.7 Å². The molecule has 2 heterocycles. The van der Waals surface area contributed by atoms with E-state index in [2.05, 4.69) is 18.6 Å². The molecule has 27 heavy (non-hydrogen) atoms. The van der Waals surface area contributed by atoms with E-state index in [9.17, 15) is 9.50 Å². The van der Waals surface area contributed by atoms with Gasteiger partial charge in [0.05, 0.1) is 44.0 Å². The van der Waals surface area contributed by atoms with Crippen molar-refractivity contribution in [2.24, 2.45) is 3.25 Å². The molecular weight excluding hydrogens is 464 g/mol. The third-order valence-electron chi connectivity index (χ3n) is 4.15. The van der Waals surface area contributed by atoms with Crippen molar-refractivity contribution in [2.75, 3.05) is 36.6 Å².